The van der Waals surface area contributed by atoms with Crippen LogP contribution in [0.1, 0.15) is 35.7 Å². The van der Waals surface area contributed by atoms with Crippen molar-refractivity contribution >= 4 is 10.9 Å². The topological polar surface area (TPSA) is 60.1 Å². The summed E-state index contributed by atoms with van der Waals surface area (Å²) in [5.74, 6) is 1.52. The zero-order valence-corrected chi connectivity index (χ0v) is 16.3. The fourth-order valence-electron chi connectivity index (χ4n) is 3.31. The van der Waals surface area contributed by atoms with Crippen molar-refractivity contribution in [3.8, 4) is 5.69 Å². The Balaban J connectivity index is 1.85. The number of rotatable bonds is 5. The number of hydrogen-bond acceptors (Lipinski definition) is 4. The first-order valence-corrected chi connectivity index (χ1v) is 9.39. The molecular formula is C23H23N3O2. The van der Waals surface area contributed by atoms with Crippen molar-refractivity contribution in [2.75, 3.05) is 0 Å². The zero-order valence-electron chi connectivity index (χ0n) is 16.3. The third-order valence-electron chi connectivity index (χ3n) is 5.10. The van der Waals surface area contributed by atoms with Crippen LogP contribution in [0.25, 0.3) is 16.6 Å². The van der Waals surface area contributed by atoms with Gasteiger partial charge in [0, 0.05) is 0 Å². The van der Waals surface area contributed by atoms with E-state index in [1.807, 2.05) is 61.5 Å². The Morgan fingerprint density at radius 2 is 1.89 bits per heavy atom. The molecule has 0 saturated heterocycles. The molecule has 4 aromatic rings. The van der Waals surface area contributed by atoms with Crippen molar-refractivity contribution in [1.82, 2.24) is 14.9 Å². The van der Waals surface area contributed by atoms with E-state index in [2.05, 4.69) is 19.2 Å². The minimum absolute atomic E-state index is 0.0597. The Kier molecular flexibility index (Phi) is 4.84. The predicted molar refractivity (Wildman–Crippen MR) is 111 cm³/mol. The van der Waals surface area contributed by atoms with Crippen molar-refractivity contribution in [3.63, 3.8) is 0 Å². The molecule has 0 fully saturated rings. The normalized spacial score (nSPS) is 12.4. The van der Waals surface area contributed by atoms with Crippen LogP contribution in [0.5, 0.6) is 0 Å². The Hall–Kier alpha value is -3.18. The quantitative estimate of drug-likeness (QED) is 0.562. The van der Waals surface area contributed by atoms with Crippen molar-refractivity contribution in [3.05, 3.63) is 93.9 Å². The van der Waals surface area contributed by atoms with Gasteiger partial charge in [0.2, 0.25) is 0 Å². The minimum atomic E-state index is -0.149. The molecule has 0 aliphatic carbocycles. The summed E-state index contributed by atoms with van der Waals surface area (Å²) in [4.78, 5) is 18.2. The number of para-hydroxylation sites is 1. The minimum Gasteiger partial charge on any atom is -0.468 e. The largest absolute Gasteiger partial charge is 0.468 e. The second-order valence-electron chi connectivity index (χ2n) is 7.08. The van der Waals surface area contributed by atoms with Gasteiger partial charge in [-0.2, -0.15) is 0 Å². The Labute approximate surface area is 163 Å². The predicted octanol–water partition coefficient (Wildman–Crippen LogP) is 4.45. The first-order valence-electron chi connectivity index (χ1n) is 9.39. The molecule has 2 aromatic carbocycles. The summed E-state index contributed by atoms with van der Waals surface area (Å²) >= 11 is 0. The van der Waals surface area contributed by atoms with Gasteiger partial charge in [0.1, 0.15) is 11.6 Å². The van der Waals surface area contributed by atoms with Crippen molar-refractivity contribution in [1.29, 1.82) is 0 Å². The first kappa shape index (κ1) is 18.2. The first-order chi connectivity index (χ1) is 13.5. The van der Waals surface area contributed by atoms with Crippen LogP contribution in [-0.4, -0.2) is 9.55 Å². The van der Waals surface area contributed by atoms with Crippen LogP contribution in [0.3, 0.4) is 0 Å². The molecule has 2 heterocycles. The fourth-order valence-corrected chi connectivity index (χ4v) is 3.31. The summed E-state index contributed by atoms with van der Waals surface area (Å²) in [6.07, 6.45) is 1.65. The van der Waals surface area contributed by atoms with Crippen LogP contribution in [0.4, 0.5) is 0 Å². The van der Waals surface area contributed by atoms with E-state index in [9.17, 15) is 4.79 Å². The van der Waals surface area contributed by atoms with Gasteiger partial charge in [0.25, 0.3) is 5.56 Å². The van der Waals surface area contributed by atoms with E-state index in [4.69, 9.17) is 9.40 Å². The second-order valence-corrected chi connectivity index (χ2v) is 7.08. The zero-order chi connectivity index (χ0) is 19.7. The average Bonchev–Trinajstić information content (AvgIpc) is 3.22. The van der Waals surface area contributed by atoms with Crippen LogP contribution in [0.2, 0.25) is 0 Å². The highest BCUT2D eigenvalue weighted by Gasteiger charge is 2.18. The summed E-state index contributed by atoms with van der Waals surface area (Å²) in [5.41, 5.74) is 3.80. The molecule has 1 N–H and O–H groups in total. The second kappa shape index (κ2) is 7.44. The molecule has 142 valence electrons. The van der Waals surface area contributed by atoms with E-state index in [1.54, 1.807) is 10.8 Å². The lowest BCUT2D eigenvalue weighted by molar-refractivity contribution is 0.450. The molecule has 0 spiro atoms. The van der Waals surface area contributed by atoms with Gasteiger partial charge in [-0.05, 0) is 68.3 Å². The molecule has 2 aromatic heterocycles. The maximum absolute atomic E-state index is 13.4. The number of nitrogens with zero attached hydrogens (tertiary/aromatic N) is 2. The summed E-state index contributed by atoms with van der Waals surface area (Å²) in [6, 6.07) is 17.2. The maximum Gasteiger partial charge on any atom is 0.266 e. The number of aromatic nitrogens is 2. The third-order valence-corrected chi connectivity index (χ3v) is 5.10. The van der Waals surface area contributed by atoms with Gasteiger partial charge in [-0.3, -0.25) is 9.36 Å². The summed E-state index contributed by atoms with van der Waals surface area (Å²) in [6.45, 7) is 6.69. The molecule has 4 rings (SSSR count). The summed E-state index contributed by atoms with van der Waals surface area (Å²) in [7, 11) is 0. The van der Waals surface area contributed by atoms with Gasteiger partial charge in [-0.25, -0.2) is 4.98 Å². The standard InChI is InChI=1S/C23H23N3O2/c1-15-10-11-18(13-16(15)2)26-22(17(3)24-14-19-7-6-12-28-19)25-21-9-5-4-8-20(21)23(26)27/h4-13,17,24H,14H2,1-3H3/t17-/m1/s1. The van der Waals surface area contributed by atoms with Crippen molar-refractivity contribution in [2.24, 2.45) is 0 Å². The molecule has 0 saturated carbocycles. The van der Waals surface area contributed by atoms with Gasteiger partial charge in [0.05, 0.1) is 35.4 Å². The van der Waals surface area contributed by atoms with Gasteiger partial charge < -0.3 is 9.73 Å². The van der Waals surface area contributed by atoms with E-state index >= 15 is 0 Å². The highest BCUT2D eigenvalue weighted by atomic mass is 16.3. The van der Waals surface area contributed by atoms with Crippen LogP contribution in [0, 0.1) is 13.8 Å². The molecule has 1 atom stereocenters. The SMILES string of the molecule is Cc1ccc(-n2c([C@@H](C)NCc3ccco3)nc3ccccc3c2=O)cc1C. The van der Waals surface area contributed by atoms with E-state index in [0.717, 1.165) is 17.0 Å². The van der Waals surface area contributed by atoms with Crippen molar-refractivity contribution in [2.45, 2.75) is 33.4 Å². The number of fused-ring (bicyclic) bond motifs is 1. The molecule has 0 aliphatic rings. The number of nitrogens with one attached hydrogen (secondary N) is 1. The number of benzene rings is 2. The average molecular weight is 373 g/mol. The number of hydrogen-bond donors (Lipinski definition) is 1. The lowest BCUT2D eigenvalue weighted by atomic mass is 10.1. The van der Waals surface area contributed by atoms with E-state index in [1.165, 1.54) is 5.56 Å². The molecule has 0 amide bonds. The van der Waals surface area contributed by atoms with Crippen LogP contribution < -0.4 is 10.9 Å². The van der Waals surface area contributed by atoms with E-state index in [0.29, 0.717) is 23.3 Å². The Bertz CT molecular complexity index is 1180. The Morgan fingerprint density at radius 1 is 1.07 bits per heavy atom. The maximum atomic E-state index is 13.4. The monoisotopic (exact) mass is 373 g/mol. The van der Waals surface area contributed by atoms with E-state index < -0.39 is 0 Å². The molecule has 5 heteroatoms. The molecule has 5 nitrogen and oxygen atoms in total. The molecule has 0 bridgehead atoms. The van der Waals surface area contributed by atoms with E-state index in [-0.39, 0.29) is 11.6 Å². The third kappa shape index (κ3) is 3.37. The fraction of sp³-hybridized carbons (Fsp3) is 0.217. The summed E-state index contributed by atoms with van der Waals surface area (Å²) in [5, 5.41) is 4.03. The van der Waals surface area contributed by atoms with Gasteiger partial charge in [0.15, 0.2) is 0 Å². The highest BCUT2D eigenvalue weighted by molar-refractivity contribution is 5.77. The van der Waals surface area contributed by atoms with Gasteiger partial charge in [-0.1, -0.05) is 18.2 Å². The molecule has 0 unspecified atom stereocenters. The lowest BCUT2D eigenvalue weighted by Gasteiger charge is -2.20. The molecule has 0 aliphatic heterocycles. The molecule has 28 heavy (non-hydrogen) atoms. The molecule has 0 radical (unpaired) electrons. The van der Waals surface area contributed by atoms with Crippen molar-refractivity contribution < 1.29 is 4.42 Å². The van der Waals surface area contributed by atoms with Gasteiger partial charge >= 0.3 is 0 Å². The van der Waals surface area contributed by atoms with Crippen LogP contribution >= 0.6 is 0 Å². The number of furan rings is 1. The smallest absolute Gasteiger partial charge is 0.266 e. The molecular weight excluding hydrogens is 350 g/mol. The van der Waals surface area contributed by atoms with Crippen LogP contribution in [-0.2, 0) is 6.54 Å². The highest BCUT2D eigenvalue weighted by Crippen LogP contribution is 2.20. The lowest BCUT2D eigenvalue weighted by Crippen LogP contribution is -2.30. The van der Waals surface area contributed by atoms with Crippen LogP contribution in [0.15, 0.2) is 70.1 Å². The summed E-state index contributed by atoms with van der Waals surface area (Å²) < 4.78 is 7.12. The number of aryl methyl sites for hydroxylation is 2. The Morgan fingerprint density at radius 3 is 2.64 bits per heavy atom. The van der Waals surface area contributed by atoms with Gasteiger partial charge in [-0.15, -0.1) is 0 Å².